The lowest BCUT2D eigenvalue weighted by Crippen LogP contribution is -2.29. The summed E-state index contributed by atoms with van der Waals surface area (Å²) in [7, 11) is 1.33. The lowest BCUT2D eigenvalue weighted by atomic mass is 10.1. The van der Waals surface area contributed by atoms with E-state index in [0.29, 0.717) is 23.9 Å². The van der Waals surface area contributed by atoms with E-state index in [4.69, 9.17) is 9.68 Å². The predicted octanol–water partition coefficient (Wildman–Crippen LogP) is 3.35. The van der Waals surface area contributed by atoms with Crippen LogP contribution in [-0.2, 0) is 17.8 Å². The molecule has 0 atom stereocenters. The summed E-state index contributed by atoms with van der Waals surface area (Å²) in [4.78, 5) is 13.7. The van der Waals surface area contributed by atoms with Gasteiger partial charge in [-0.2, -0.15) is 5.26 Å². The van der Waals surface area contributed by atoms with Gasteiger partial charge in [-0.3, -0.25) is 4.90 Å². The Bertz CT molecular complexity index is 696. The van der Waals surface area contributed by atoms with Crippen LogP contribution in [0.5, 0.6) is 0 Å². The van der Waals surface area contributed by atoms with Crippen LogP contribution >= 0.6 is 0 Å². The van der Waals surface area contributed by atoms with Gasteiger partial charge < -0.3 is 9.15 Å². The van der Waals surface area contributed by atoms with Gasteiger partial charge in [0, 0.05) is 12.6 Å². The molecule has 0 N–H and O–H groups in total. The summed E-state index contributed by atoms with van der Waals surface area (Å²) in [6.45, 7) is 5.54. The van der Waals surface area contributed by atoms with E-state index in [1.54, 1.807) is 12.1 Å². The van der Waals surface area contributed by atoms with Gasteiger partial charge in [0.05, 0.1) is 25.3 Å². The maximum Gasteiger partial charge on any atom is 0.373 e. The molecule has 1 heterocycles. The summed E-state index contributed by atoms with van der Waals surface area (Å²) in [5.74, 6) is 0.455. The van der Waals surface area contributed by atoms with Crippen molar-refractivity contribution in [1.82, 2.24) is 4.90 Å². The third kappa shape index (κ3) is 4.44. The van der Waals surface area contributed by atoms with Gasteiger partial charge in [0.1, 0.15) is 5.76 Å². The largest absolute Gasteiger partial charge is 0.463 e. The van der Waals surface area contributed by atoms with Crippen LogP contribution in [0.25, 0.3) is 0 Å². The zero-order chi connectivity index (χ0) is 16.8. The molecule has 0 amide bonds. The van der Waals surface area contributed by atoms with Gasteiger partial charge in [-0.25, -0.2) is 4.79 Å². The molecule has 23 heavy (non-hydrogen) atoms. The van der Waals surface area contributed by atoms with Crippen molar-refractivity contribution in [3.8, 4) is 6.07 Å². The highest BCUT2D eigenvalue weighted by Gasteiger charge is 2.16. The molecule has 0 unspecified atom stereocenters. The highest BCUT2D eigenvalue weighted by atomic mass is 16.5. The van der Waals surface area contributed by atoms with E-state index in [-0.39, 0.29) is 5.76 Å². The van der Waals surface area contributed by atoms with E-state index in [1.807, 2.05) is 24.3 Å². The topological polar surface area (TPSA) is 66.5 Å². The highest BCUT2D eigenvalue weighted by molar-refractivity contribution is 5.86. The predicted molar refractivity (Wildman–Crippen MR) is 85.6 cm³/mol. The Labute approximate surface area is 136 Å². The minimum absolute atomic E-state index is 0.213. The second kappa shape index (κ2) is 7.61. The number of benzene rings is 1. The smallest absolute Gasteiger partial charge is 0.373 e. The van der Waals surface area contributed by atoms with E-state index in [2.05, 4.69) is 29.6 Å². The lowest BCUT2D eigenvalue weighted by Gasteiger charge is -2.25. The molecule has 1 aromatic heterocycles. The molecule has 2 rings (SSSR count). The Morgan fingerprint density at radius 1 is 1.22 bits per heavy atom. The first kappa shape index (κ1) is 16.8. The molecule has 0 aliphatic heterocycles. The quantitative estimate of drug-likeness (QED) is 0.765. The van der Waals surface area contributed by atoms with Gasteiger partial charge >= 0.3 is 5.97 Å². The number of methoxy groups -OCH3 is 1. The fraction of sp³-hybridized carbons (Fsp3) is 0.333. The monoisotopic (exact) mass is 312 g/mol. The number of ether oxygens (including phenoxy) is 1. The molecular weight excluding hydrogens is 292 g/mol. The number of furan rings is 1. The lowest BCUT2D eigenvalue weighted by molar-refractivity contribution is 0.0560. The first-order valence-electron chi connectivity index (χ1n) is 7.43. The Kier molecular flexibility index (Phi) is 5.56. The standard InChI is InChI=1S/C18H20N2O3/c1-13(2)20(11-15-6-4-14(10-19)5-7-15)12-16-8-9-17(23-16)18(21)22-3/h4-9,13H,11-12H2,1-3H3. The average molecular weight is 312 g/mol. The number of rotatable bonds is 6. The van der Waals surface area contributed by atoms with Crippen molar-refractivity contribution in [3.05, 3.63) is 59.0 Å². The Hall–Kier alpha value is -2.58. The van der Waals surface area contributed by atoms with E-state index < -0.39 is 5.97 Å². The van der Waals surface area contributed by atoms with Crippen molar-refractivity contribution >= 4 is 5.97 Å². The van der Waals surface area contributed by atoms with Crippen molar-refractivity contribution in [2.75, 3.05) is 7.11 Å². The fourth-order valence-electron chi connectivity index (χ4n) is 2.21. The van der Waals surface area contributed by atoms with Gasteiger partial charge in [-0.15, -0.1) is 0 Å². The van der Waals surface area contributed by atoms with E-state index >= 15 is 0 Å². The van der Waals surface area contributed by atoms with Crippen LogP contribution < -0.4 is 0 Å². The van der Waals surface area contributed by atoms with Gasteiger partial charge in [0.2, 0.25) is 5.76 Å². The van der Waals surface area contributed by atoms with E-state index in [1.165, 1.54) is 7.11 Å². The van der Waals surface area contributed by atoms with E-state index in [9.17, 15) is 4.79 Å². The first-order valence-corrected chi connectivity index (χ1v) is 7.43. The molecule has 0 saturated heterocycles. The summed E-state index contributed by atoms with van der Waals surface area (Å²) in [6, 6.07) is 13.4. The maximum absolute atomic E-state index is 11.4. The molecule has 120 valence electrons. The van der Waals surface area contributed by atoms with E-state index in [0.717, 1.165) is 12.1 Å². The Balaban J connectivity index is 2.07. The molecule has 1 aromatic carbocycles. The summed E-state index contributed by atoms with van der Waals surface area (Å²) in [5.41, 5.74) is 1.77. The summed E-state index contributed by atoms with van der Waals surface area (Å²) in [5, 5.41) is 8.85. The molecule has 0 fully saturated rings. The Morgan fingerprint density at radius 2 is 1.91 bits per heavy atom. The molecule has 0 bridgehead atoms. The highest BCUT2D eigenvalue weighted by Crippen LogP contribution is 2.16. The molecule has 0 aliphatic rings. The normalized spacial score (nSPS) is 10.8. The molecule has 0 radical (unpaired) electrons. The van der Waals surface area contributed by atoms with Crippen molar-refractivity contribution in [1.29, 1.82) is 5.26 Å². The fourth-order valence-corrected chi connectivity index (χ4v) is 2.21. The molecule has 0 spiro atoms. The number of carbonyl (C=O) groups is 1. The van der Waals surface area contributed by atoms with Crippen LogP contribution in [0.3, 0.4) is 0 Å². The number of carbonyl (C=O) groups excluding carboxylic acids is 1. The molecule has 0 aliphatic carbocycles. The average Bonchev–Trinajstić information content (AvgIpc) is 3.02. The van der Waals surface area contributed by atoms with Crippen molar-refractivity contribution < 1.29 is 13.9 Å². The summed E-state index contributed by atoms with van der Waals surface area (Å²) in [6.07, 6.45) is 0. The third-order valence-electron chi connectivity index (χ3n) is 3.61. The van der Waals surface area contributed by atoms with Crippen molar-refractivity contribution in [2.24, 2.45) is 0 Å². The van der Waals surface area contributed by atoms with Crippen LogP contribution in [0, 0.1) is 11.3 Å². The molecule has 5 heteroatoms. The number of hydrogen-bond donors (Lipinski definition) is 0. The van der Waals surface area contributed by atoms with Gasteiger partial charge in [-0.05, 0) is 43.7 Å². The second-order valence-corrected chi connectivity index (χ2v) is 5.56. The van der Waals surface area contributed by atoms with Crippen LogP contribution in [0.1, 0.15) is 41.3 Å². The number of nitriles is 1. The molecule has 5 nitrogen and oxygen atoms in total. The molecular formula is C18H20N2O3. The SMILES string of the molecule is COC(=O)c1ccc(CN(Cc2ccc(C#N)cc2)C(C)C)o1. The number of esters is 1. The summed E-state index contributed by atoms with van der Waals surface area (Å²) >= 11 is 0. The second-order valence-electron chi connectivity index (χ2n) is 5.56. The maximum atomic E-state index is 11.4. The van der Waals surface area contributed by atoms with Crippen molar-refractivity contribution in [3.63, 3.8) is 0 Å². The van der Waals surface area contributed by atoms with Crippen molar-refractivity contribution in [2.45, 2.75) is 33.0 Å². The minimum atomic E-state index is -0.473. The zero-order valence-electron chi connectivity index (χ0n) is 13.6. The minimum Gasteiger partial charge on any atom is -0.463 e. The first-order chi connectivity index (χ1) is 11.0. The van der Waals surface area contributed by atoms with Crippen LogP contribution in [0.15, 0.2) is 40.8 Å². The molecule has 0 saturated carbocycles. The van der Waals surface area contributed by atoms with Crippen LogP contribution in [-0.4, -0.2) is 24.0 Å². The van der Waals surface area contributed by atoms with Crippen LogP contribution in [0.2, 0.25) is 0 Å². The van der Waals surface area contributed by atoms with Gasteiger partial charge in [-0.1, -0.05) is 12.1 Å². The summed E-state index contributed by atoms with van der Waals surface area (Å²) < 4.78 is 10.2. The third-order valence-corrected chi connectivity index (χ3v) is 3.61. The Morgan fingerprint density at radius 3 is 2.48 bits per heavy atom. The number of nitrogens with zero attached hydrogens (tertiary/aromatic N) is 2. The zero-order valence-corrected chi connectivity index (χ0v) is 13.6. The van der Waals surface area contributed by atoms with Gasteiger partial charge in [0.15, 0.2) is 0 Å². The number of hydrogen-bond acceptors (Lipinski definition) is 5. The van der Waals surface area contributed by atoms with Gasteiger partial charge in [0.25, 0.3) is 0 Å². The molecule has 2 aromatic rings. The van der Waals surface area contributed by atoms with Crippen LogP contribution in [0.4, 0.5) is 0 Å².